The lowest BCUT2D eigenvalue weighted by Gasteiger charge is -2.21. The average molecular weight is 253 g/mol. The quantitative estimate of drug-likeness (QED) is 0.782. The van der Waals surface area contributed by atoms with Crippen molar-refractivity contribution in [3.8, 4) is 0 Å². The molecule has 0 aromatic carbocycles. The number of rotatable bonds is 7. The first-order valence-electron chi connectivity index (χ1n) is 6.82. The van der Waals surface area contributed by atoms with E-state index in [4.69, 9.17) is 5.11 Å². The van der Waals surface area contributed by atoms with Crippen LogP contribution in [0.4, 0.5) is 0 Å². The molecule has 0 saturated heterocycles. The van der Waals surface area contributed by atoms with E-state index >= 15 is 0 Å². The third-order valence-electron chi connectivity index (χ3n) is 3.28. The summed E-state index contributed by atoms with van der Waals surface area (Å²) in [7, 11) is 1.96. The van der Waals surface area contributed by atoms with Gasteiger partial charge in [-0.2, -0.15) is 5.10 Å². The smallest absolute Gasteiger partial charge is 0.0694 e. The fourth-order valence-electron chi connectivity index (χ4n) is 2.23. The fraction of sp³-hybridized carbons (Fsp3) is 0.786. The molecule has 0 amide bonds. The standard InChI is InChI=1S/C14H27N3O/c1-10(2)13(6-7-18)15-8-12-9-17(5)16-14(12)11(3)4/h9-11,13,15,18H,6-8H2,1-5H3. The van der Waals surface area contributed by atoms with Crippen molar-refractivity contribution >= 4 is 0 Å². The number of aliphatic hydroxyl groups is 1. The summed E-state index contributed by atoms with van der Waals surface area (Å²) in [6.45, 7) is 9.75. The molecular weight excluding hydrogens is 226 g/mol. The van der Waals surface area contributed by atoms with Gasteiger partial charge in [0.1, 0.15) is 0 Å². The zero-order valence-electron chi connectivity index (χ0n) is 12.3. The first-order valence-corrected chi connectivity index (χ1v) is 6.82. The highest BCUT2D eigenvalue weighted by Crippen LogP contribution is 2.17. The molecule has 1 aromatic rings. The zero-order valence-corrected chi connectivity index (χ0v) is 12.3. The normalized spacial score (nSPS) is 13.6. The number of hydrogen-bond acceptors (Lipinski definition) is 3. The van der Waals surface area contributed by atoms with E-state index in [1.165, 1.54) is 5.56 Å². The minimum Gasteiger partial charge on any atom is -0.396 e. The molecule has 0 aliphatic heterocycles. The van der Waals surface area contributed by atoms with Crippen molar-refractivity contribution in [3.63, 3.8) is 0 Å². The Morgan fingerprint density at radius 3 is 2.50 bits per heavy atom. The van der Waals surface area contributed by atoms with Crippen molar-refractivity contribution in [2.75, 3.05) is 6.61 Å². The first kappa shape index (κ1) is 15.2. The van der Waals surface area contributed by atoms with Crippen LogP contribution in [0.2, 0.25) is 0 Å². The highest BCUT2D eigenvalue weighted by molar-refractivity contribution is 5.20. The monoisotopic (exact) mass is 253 g/mol. The van der Waals surface area contributed by atoms with E-state index in [1.54, 1.807) is 0 Å². The predicted molar refractivity (Wildman–Crippen MR) is 74.5 cm³/mol. The highest BCUT2D eigenvalue weighted by atomic mass is 16.3. The summed E-state index contributed by atoms with van der Waals surface area (Å²) in [5.41, 5.74) is 2.42. The molecule has 0 aliphatic carbocycles. The van der Waals surface area contributed by atoms with Crippen molar-refractivity contribution in [3.05, 3.63) is 17.5 Å². The Labute approximate surface area is 110 Å². The molecule has 0 aliphatic rings. The van der Waals surface area contributed by atoms with Crippen LogP contribution in [-0.2, 0) is 13.6 Å². The van der Waals surface area contributed by atoms with E-state index < -0.39 is 0 Å². The molecule has 0 spiro atoms. The Balaban J connectivity index is 2.66. The Kier molecular flexibility index (Phi) is 5.82. The van der Waals surface area contributed by atoms with Gasteiger partial charge >= 0.3 is 0 Å². The maximum atomic E-state index is 9.07. The van der Waals surface area contributed by atoms with Crippen LogP contribution in [0.25, 0.3) is 0 Å². The van der Waals surface area contributed by atoms with Gasteiger partial charge in [0.25, 0.3) is 0 Å². The lowest BCUT2D eigenvalue weighted by atomic mass is 10.0. The van der Waals surface area contributed by atoms with Crippen LogP contribution in [0.3, 0.4) is 0 Å². The fourth-order valence-corrected chi connectivity index (χ4v) is 2.23. The van der Waals surface area contributed by atoms with Crippen LogP contribution in [0, 0.1) is 5.92 Å². The number of nitrogens with one attached hydrogen (secondary N) is 1. The van der Waals surface area contributed by atoms with E-state index in [0.29, 0.717) is 17.9 Å². The second kappa shape index (κ2) is 6.90. The maximum absolute atomic E-state index is 9.07. The second-order valence-corrected chi connectivity index (χ2v) is 5.61. The third-order valence-corrected chi connectivity index (χ3v) is 3.28. The molecule has 104 valence electrons. The molecule has 1 atom stereocenters. The van der Waals surface area contributed by atoms with Crippen LogP contribution in [0.5, 0.6) is 0 Å². The molecule has 18 heavy (non-hydrogen) atoms. The number of aromatic nitrogens is 2. The van der Waals surface area contributed by atoms with Gasteiger partial charge in [-0.25, -0.2) is 0 Å². The number of aryl methyl sites for hydroxylation is 1. The highest BCUT2D eigenvalue weighted by Gasteiger charge is 2.15. The van der Waals surface area contributed by atoms with Crippen LogP contribution >= 0.6 is 0 Å². The lowest BCUT2D eigenvalue weighted by Crippen LogP contribution is -2.34. The van der Waals surface area contributed by atoms with E-state index in [0.717, 1.165) is 18.7 Å². The first-order chi connectivity index (χ1) is 8.45. The summed E-state index contributed by atoms with van der Waals surface area (Å²) in [5, 5.41) is 17.1. The molecule has 1 heterocycles. The molecule has 1 rings (SSSR count). The Bertz CT molecular complexity index is 358. The topological polar surface area (TPSA) is 50.1 Å². The molecule has 1 aromatic heterocycles. The number of nitrogens with zero attached hydrogens (tertiary/aromatic N) is 2. The molecule has 4 heteroatoms. The molecule has 4 nitrogen and oxygen atoms in total. The van der Waals surface area contributed by atoms with Gasteiger partial charge in [0.2, 0.25) is 0 Å². The van der Waals surface area contributed by atoms with Crippen molar-refractivity contribution in [1.29, 1.82) is 0 Å². The van der Waals surface area contributed by atoms with E-state index in [2.05, 4.69) is 44.3 Å². The van der Waals surface area contributed by atoms with Gasteiger partial charge in [-0.1, -0.05) is 27.7 Å². The van der Waals surface area contributed by atoms with E-state index in [-0.39, 0.29) is 6.61 Å². The van der Waals surface area contributed by atoms with Crippen molar-refractivity contribution in [2.45, 2.75) is 52.6 Å². The van der Waals surface area contributed by atoms with Gasteiger partial charge in [-0.15, -0.1) is 0 Å². The van der Waals surface area contributed by atoms with Gasteiger partial charge < -0.3 is 10.4 Å². The molecule has 1 unspecified atom stereocenters. The molecule has 0 fully saturated rings. The average Bonchev–Trinajstić information content (AvgIpc) is 2.65. The Hall–Kier alpha value is -0.870. The summed E-state index contributed by atoms with van der Waals surface area (Å²) < 4.78 is 1.88. The lowest BCUT2D eigenvalue weighted by molar-refractivity contribution is 0.243. The van der Waals surface area contributed by atoms with Crippen molar-refractivity contribution in [1.82, 2.24) is 15.1 Å². The summed E-state index contributed by atoms with van der Waals surface area (Å²) in [6.07, 6.45) is 2.88. The summed E-state index contributed by atoms with van der Waals surface area (Å²) >= 11 is 0. The van der Waals surface area contributed by atoms with Crippen LogP contribution in [0.1, 0.15) is 51.3 Å². The largest absolute Gasteiger partial charge is 0.396 e. The summed E-state index contributed by atoms with van der Waals surface area (Å²) in [4.78, 5) is 0. The van der Waals surface area contributed by atoms with Crippen molar-refractivity contribution in [2.24, 2.45) is 13.0 Å². The van der Waals surface area contributed by atoms with Gasteiger partial charge in [0.05, 0.1) is 5.69 Å². The van der Waals surface area contributed by atoms with Crippen LogP contribution in [0.15, 0.2) is 6.20 Å². The number of hydrogen-bond donors (Lipinski definition) is 2. The second-order valence-electron chi connectivity index (χ2n) is 5.61. The molecular formula is C14H27N3O. The van der Waals surface area contributed by atoms with E-state index in [9.17, 15) is 0 Å². The van der Waals surface area contributed by atoms with Gasteiger partial charge in [0.15, 0.2) is 0 Å². The molecule has 0 saturated carbocycles. The maximum Gasteiger partial charge on any atom is 0.0694 e. The summed E-state index contributed by atoms with van der Waals surface area (Å²) in [5.74, 6) is 0.967. The van der Waals surface area contributed by atoms with E-state index in [1.807, 2.05) is 11.7 Å². The molecule has 0 bridgehead atoms. The van der Waals surface area contributed by atoms with Gasteiger partial charge in [-0.05, 0) is 18.3 Å². The van der Waals surface area contributed by atoms with Crippen LogP contribution < -0.4 is 5.32 Å². The Morgan fingerprint density at radius 1 is 1.33 bits per heavy atom. The third kappa shape index (κ3) is 4.10. The van der Waals surface area contributed by atoms with Gasteiger partial charge in [0, 0.05) is 38.0 Å². The predicted octanol–water partition coefficient (Wildman–Crippen LogP) is 2.04. The van der Waals surface area contributed by atoms with Crippen LogP contribution in [-0.4, -0.2) is 27.5 Å². The Morgan fingerprint density at radius 2 is 2.00 bits per heavy atom. The SMILES string of the molecule is CC(C)c1nn(C)cc1CNC(CCO)C(C)C. The summed E-state index contributed by atoms with van der Waals surface area (Å²) in [6, 6.07) is 0.357. The zero-order chi connectivity index (χ0) is 13.7. The minimum atomic E-state index is 0.236. The number of aliphatic hydroxyl groups excluding tert-OH is 1. The molecule has 0 radical (unpaired) electrons. The van der Waals surface area contributed by atoms with Crippen molar-refractivity contribution < 1.29 is 5.11 Å². The molecule has 2 N–H and O–H groups in total. The van der Waals surface area contributed by atoms with Gasteiger partial charge in [-0.3, -0.25) is 4.68 Å². The minimum absolute atomic E-state index is 0.236.